The zero-order chi connectivity index (χ0) is 26.6. The topological polar surface area (TPSA) is 101 Å². The van der Waals surface area contributed by atoms with E-state index >= 15 is 4.39 Å². The number of hydrogen-bond acceptors (Lipinski definition) is 9. The Bertz CT molecular complexity index is 1480. The fourth-order valence-electron chi connectivity index (χ4n) is 3.73. The molecule has 3 N–H and O–H groups in total. The Morgan fingerprint density at radius 1 is 1.18 bits per heavy atom. The molecule has 1 aliphatic heterocycles. The number of thiazole rings is 1. The Labute approximate surface area is 224 Å². The number of rotatable bonds is 7. The summed E-state index contributed by atoms with van der Waals surface area (Å²) in [6.07, 6.45) is 1.50. The van der Waals surface area contributed by atoms with Crippen LogP contribution in [0.25, 0.3) is 21.8 Å². The Hall–Kier alpha value is -3.52. The molecule has 1 fully saturated rings. The number of halogens is 3. The second kappa shape index (κ2) is 11.5. The fraction of sp³-hybridized carbons (Fsp3) is 0.200. The molecule has 5 rings (SSSR count). The van der Waals surface area contributed by atoms with Crippen LogP contribution in [0.2, 0.25) is 0 Å². The Morgan fingerprint density at radius 2 is 2.05 bits per heavy atom. The number of ether oxygens (including phenoxy) is 1. The summed E-state index contributed by atoms with van der Waals surface area (Å²) in [5.41, 5.74) is 1.04. The van der Waals surface area contributed by atoms with E-state index in [0.29, 0.717) is 41.0 Å². The first kappa shape index (κ1) is 26.1. The van der Waals surface area contributed by atoms with Crippen molar-refractivity contribution in [2.45, 2.75) is 17.9 Å². The van der Waals surface area contributed by atoms with Gasteiger partial charge in [0.05, 0.1) is 46.1 Å². The molecule has 1 atom stereocenters. The van der Waals surface area contributed by atoms with E-state index in [9.17, 15) is 13.6 Å². The number of morpholine rings is 1. The van der Waals surface area contributed by atoms with Crippen molar-refractivity contribution in [1.29, 1.82) is 0 Å². The monoisotopic (exact) mass is 558 g/mol. The van der Waals surface area contributed by atoms with Crippen molar-refractivity contribution in [1.82, 2.24) is 20.3 Å². The highest BCUT2D eigenvalue weighted by Crippen LogP contribution is 2.41. The minimum atomic E-state index is -0.632. The molecule has 196 valence electrons. The zero-order valence-electron chi connectivity index (χ0n) is 19.9. The highest BCUT2D eigenvalue weighted by atomic mass is 32.2. The number of aromatic nitrogens is 3. The lowest BCUT2D eigenvalue weighted by Crippen LogP contribution is -2.34. The minimum absolute atomic E-state index is 0.0127. The van der Waals surface area contributed by atoms with Crippen LogP contribution < -0.4 is 15.4 Å². The number of nitrogens with one attached hydrogen (secondary N) is 3. The lowest BCUT2D eigenvalue weighted by Gasteiger charge is -2.21. The van der Waals surface area contributed by atoms with Gasteiger partial charge in [-0.05, 0) is 48.3 Å². The predicted octanol–water partition coefficient (Wildman–Crippen LogP) is 5.42. The van der Waals surface area contributed by atoms with Crippen molar-refractivity contribution in [3.05, 3.63) is 71.1 Å². The fourth-order valence-corrected chi connectivity index (χ4v) is 5.55. The van der Waals surface area contributed by atoms with Crippen LogP contribution in [0.1, 0.15) is 18.0 Å². The van der Waals surface area contributed by atoms with Crippen LogP contribution in [0.15, 0.2) is 53.6 Å². The molecule has 2 aromatic heterocycles. The summed E-state index contributed by atoms with van der Waals surface area (Å²) in [4.78, 5) is 25.3. The molecule has 1 aliphatic rings. The van der Waals surface area contributed by atoms with Gasteiger partial charge in [0.25, 0.3) is 0 Å². The smallest absolute Gasteiger partial charge is 0.229 e. The van der Waals surface area contributed by atoms with Gasteiger partial charge in [0, 0.05) is 25.2 Å². The summed E-state index contributed by atoms with van der Waals surface area (Å²) < 4.78 is 51.8. The quantitative estimate of drug-likeness (QED) is 0.259. The highest BCUT2D eigenvalue weighted by Gasteiger charge is 2.26. The third kappa shape index (κ3) is 5.80. The third-order valence-electron chi connectivity index (χ3n) is 5.46. The Balaban J connectivity index is 1.54. The third-order valence-corrected chi connectivity index (χ3v) is 7.50. The number of carbonyl (C=O) groups excluding carboxylic acids is 1. The molecule has 4 aromatic rings. The van der Waals surface area contributed by atoms with Gasteiger partial charge in [-0.3, -0.25) is 10.1 Å². The minimum Gasteiger partial charge on any atom is -0.378 e. The number of anilines is 2. The maximum absolute atomic E-state index is 15.8. The first-order valence-electron chi connectivity index (χ1n) is 11.5. The van der Waals surface area contributed by atoms with Gasteiger partial charge in [-0.15, -0.1) is 11.3 Å². The van der Waals surface area contributed by atoms with Gasteiger partial charge in [0.1, 0.15) is 16.6 Å². The van der Waals surface area contributed by atoms with Crippen LogP contribution in [-0.4, -0.2) is 40.6 Å². The molecule has 0 saturated carbocycles. The molecule has 1 saturated heterocycles. The van der Waals surface area contributed by atoms with E-state index in [2.05, 4.69) is 25.3 Å². The van der Waals surface area contributed by atoms with Crippen LogP contribution in [0.4, 0.5) is 24.8 Å². The molecule has 38 heavy (non-hydrogen) atoms. The molecule has 1 unspecified atom stereocenters. The molecule has 8 nitrogen and oxygen atoms in total. The summed E-state index contributed by atoms with van der Waals surface area (Å²) in [7, 11) is 0. The van der Waals surface area contributed by atoms with E-state index in [1.807, 2.05) is 0 Å². The molecule has 0 bridgehead atoms. The lowest BCUT2D eigenvalue weighted by atomic mass is 10.1. The highest BCUT2D eigenvalue weighted by molar-refractivity contribution is 8.00. The SMILES string of the molecule is CC(=O)Nc1nccc(-c2sc(C3COCCN3)nc2-c2cccc(NSc3cc(F)ccc3F)c2F)n1. The van der Waals surface area contributed by atoms with E-state index in [-0.39, 0.29) is 34.0 Å². The van der Waals surface area contributed by atoms with Crippen molar-refractivity contribution in [3.8, 4) is 21.8 Å². The van der Waals surface area contributed by atoms with Gasteiger partial charge in [-0.25, -0.2) is 28.1 Å². The van der Waals surface area contributed by atoms with Crippen LogP contribution in [-0.2, 0) is 9.53 Å². The maximum Gasteiger partial charge on any atom is 0.229 e. The van der Waals surface area contributed by atoms with E-state index in [1.165, 1.54) is 30.5 Å². The van der Waals surface area contributed by atoms with Crippen molar-refractivity contribution < 1.29 is 22.7 Å². The lowest BCUT2D eigenvalue weighted by molar-refractivity contribution is -0.114. The Kier molecular flexibility index (Phi) is 7.88. The van der Waals surface area contributed by atoms with Gasteiger partial charge in [-0.1, -0.05) is 6.07 Å². The van der Waals surface area contributed by atoms with Crippen LogP contribution in [0, 0.1) is 17.5 Å². The van der Waals surface area contributed by atoms with Crippen LogP contribution >= 0.6 is 23.3 Å². The summed E-state index contributed by atoms with van der Waals surface area (Å²) in [5, 5.41) is 6.58. The number of carbonyl (C=O) groups is 1. The second-order valence-electron chi connectivity index (χ2n) is 8.20. The largest absolute Gasteiger partial charge is 0.378 e. The number of amides is 1. The summed E-state index contributed by atoms with van der Waals surface area (Å²) >= 11 is 2.09. The number of nitrogens with zero attached hydrogens (tertiary/aromatic N) is 3. The number of hydrogen-bond donors (Lipinski definition) is 3. The maximum atomic E-state index is 15.8. The van der Waals surface area contributed by atoms with Crippen molar-refractivity contribution in [2.75, 3.05) is 29.8 Å². The van der Waals surface area contributed by atoms with Gasteiger partial charge < -0.3 is 14.8 Å². The van der Waals surface area contributed by atoms with E-state index in [0.717, 1.165) is 30.1 Å². The molecular weight excluding hydrogens is 537 g/mol. The molecule has 13 heteroatoms. The summed E-state index contributed by atoms with van der Waals surface area (Å²) in [6, 6.07) is 9.22. The van der Waals surface area contributed by atoms with Gasteiger partial charge >= 0.3 is 0 Å². The second-order valence-corrected chi connectivity index (χ2v) is 10.1. The van der Waals surface area contributed by atoms with Gasteiger partial charge in [0.15, 0.2) is 5.82 Å². The Morgan fingerprint density at radius 3 is 2.84 bits per heavy atom. The van der Waals surface area contributed by atoms with Crippen molar-refractivity contribution in [3.63, 3.8) is 0 Å². The van der Waals surface area contributed by atoms with Crippen LogP contribution in [0.5, 0.6) is 0 Å². The predicted molar refractivity (Wildman–Crippen MR) is 140 cm³/mol. The molecule has 0 radical (unpaired) electrons. The normalized spacial score (nSPS) is 15.3. The van der Waals surface area contributed by atoms with Gasteiger partial charge in [-0.2, -0.15) is 0 Å². The molecule has 2 aromatic carbocycles. The average Bonchev–Trinajstić information content (AvgIpc) is 3.35. The van der Waals surface area contributed by atoms with Crippen LogP contribution in [0.3, 0.4) is 0 Å². The van der Waals surface area contributed by atoms with E-state index in [4.69, 9.17) is 9.72 Å². The van der Waals surface area contributed by atoms with Crippen molar-refractivity contribution in [2.24, 2.45) is 0 Å². The molecule has 1 amide bonds. The molecule has 0 aliphatic carbocycles. The average molecular weight is 559 g/mol. The van der Waals surface area contributed by atoms with Gasteiger partial charge in [0.2, 0.25) is 11.9 Å². The first-order chi connectivity index (χ1) is 18.4. The summed E-state index contributed by atoms with van der Waals surface area (Å²) in [5.74, 6) is -2.08. The molecule has 0 spiro atoms. The van der Waals surface area contributed by atoms with E-state index in [1.54, 1.807) is 18.2 Å². The summed E-state index contributed by atoms with van der Waals surface area (Å²) in [6.45, 7) is 2.99. The standard InChI is InChI=1S/C25H21F3N6O2S2/c1-13(35)31-25-30-8-7-18(32-25)23-22(33-24(37-23)19-12-36-10-9-29-19)15-3-2-4-17(21(15)28)34-38-20-11-14(26)5-6-16(20)27/h2-8,11,19,29,34H,9-10,12H2,1H3,(H,30,31,32,35). The van der Waals surface area contributed by atoms with E-state index < -0.39 is 17.5 Å². The zero-order valence-corrected chi connectivity index (χ0v) is 21.6. The molecular formula is C25H21F3N6O2S2. The number of benzene rings is 2. The first-order valence-corrected chi connectivity index (χ1v) is 13.1. The van der Waals surface area contributed by atoms with Crippen molar-refractivity contribution >= 4 is 40.8 Å². The molecule has 3 heterocycles.